The van der Waals surface area contributed by atoms with Crippen LogP contribution in [0.4, 0.5) is 0 Å². The molecule has 0 aliphatic carbocycles. The second-order valence-corrected chi connectivity index (χ2v) is 2.78. The third-order valence-electron chi connectivity index (χ3n) is 2.00. The topological polar surface area (TPSA) is 53.0 Å². The van der Waals surface area contributed by atoms with Gasteiger partial charge in [-0.05, 0) is 25.4 Å². The number of hydrogen-bond donors (Lipinski definition) is 1. The lowest BCUT2D eigenvalue weighted by molar-refractivity contribution is 0.364. The Kier molecular flexibility index (Phi) is 5.22. The number of nitriles is 1. The molecule has 1 aliphatic rings. The molecule has 4 heteroatoms. The number of likely N-dealkylation sites (tertiary alicyclic amines) is 1. The molecule has 1 fully saturated rings. The molecule has 0 aromatic heterocycles. The van der Waals surface area contributed by atoms with Crippen LogP contribution in [0.2, 0.25) is 0 Å². The van der Waals surface area contributed by atoms with Crippen molar-refractivity contribution in [3.63, 3.8) is 0 Å². The third kappa shape index (κ3) is 3.06. The first-order valence-electron chi connectivity index (χ1n) is 3.66. The molecule has 64 valence electrons. The Morgan fingerprint density at radius 1 is 1.64 bits per heavy atom. The molecule has 0 aromatic carbocycles. The first-order chi connectivity index (χ1) is 4.86. The van der Waals surface area contributed by atoms with Crippen molar-refractivity contribution < 1.29 is 0 Å². The van der Waals surface area contributed by atoms with Gasteiger partial charge in [-0.3, -0.25) is 4.90 Å². The van der Waals surface area contributed by atoms with Gasteiger partial charge >= 0.3 is 0 Å². The Morgan fingerprint density at radius 2 is 2.36 bits per heavy atom. The van der Waals surface area contributed by atoms with Crippen LogP contribution >= 0.6 is 12.4 Å². The van der Waals surface area contributed by atoms with Crippen LogP contribution in [0, 0.1) is 17.2 Å². The zero-order valence-electron chi connectivity index (χ0n) is 6.49. The molecule has 1 heterocycles. The quantitative estimate of drug-likeness (QED) is 0.611. The van der Waals surface area contributed by atoms with E-state index < -0.39 is 0 Å². The molecule has 1 atom stereocenters. The van der Waals surface area contributed by atoms with Gasteiger partial charge in [-0.25, -0.2) is 0 Å². The Bertz CT molecular complexity index is 143. The molecule has 2 N–H and O–H groups in total. The molecular formula is C7H14ClN3. The molecule has 0 saturated carbocycles. The maximum atomic E-state index is 8.36. The van der Waals surface area contributed by atoms with Crippen molar-refractivity contribution in [2.45, 2.75) is 6.42 Å². The van der Waals surface area contributed by atoms with Crippen LogP contribution in [0.5, 0.6) is 0 Å². The summed E-state index contributed by atoms with van der Waals surface area (Å²) in [7, 11) is 0. The molecule has 0 spiro atoms. The number of halogens is 1. The molecule has 1 unspecified atom stereocenters. The van der Waals surface area contributed by atoms with E-state index in [4.69, 9.17) is 11.0 Å². The second-order valence-electron chi connectivity index (χ2n) is 2.78. The van der Waals surface area contributed by atoms with Gasteiger partial charge in [-0.2, -0.15) is 5.26 Å². The second kappa shape index (κ2) is 5.36. The van der Waals surface area contributed by atoms with E-state index in [0.29, 0.717) is 12.5 Å². The minimum absolute atomic E-state index is 0. The number of nitrogens with zero attached hydrogens (tertiary/aromatic N) is 2. The maximum Gasteiger partial charge on any atom is 0.0866 e. The molecule has 1 saturated heterocycles. The lowest BCUT2D eigenvalue weighted by Gasteiger charge is -2.09. The van der Waals surface area contributed by atoms with Crippen LogP contribution in [-0.2, 0) is 0 Å². The van der Waals surface area contributed by atoms with Crippen LogP contribution in [0.3, 0.4) is 0 Å². The summed E-state index contributed by atoms with van der Waals surface area (Å²) >= 11 is 0. The Morgan fingerprint density at radius 3 is 2.82 bits per heavy atom. The minimum Gasteiger partial charge on any atom is -0.330 e. The predicted octanol–water partition coefficient (Wildman–Crippen LogP) is 0.212. The molecule has 0 aromatic rings. The van der Waals surface area contributed by atoms with Gasteiger partial charge in [-0.1, -0.05) is 0 Å². The average Bonchev–Trinajstić information content (AvgIpc) is 2.37. The van der Waals surface area contributed by atoms with Crippen molar-refractivity contribution in [1.82, 2.24) is 4.90 Å². The lowest BCUT2D eigenvalue weighted by Crippen LogP contribution is -2.23. The van der Waals surface area contributed by atoms with Crippen LogP contribution < -0.4 is 5.73 Å². The van der Waals surface area contributed by atoms with Gasteiger partial charge in [0, 0.05) is 6.54 Å². The van der Waals surface area contributed by atoms with Crippen LogP contribution in [0.25, 0.3) is 0 Å². The van der Waals surface area contributed by atoms with E-state index in [1.807, 2.05) is 0 Å². The molecule has 1 rings (SSSR count). The summed E-state index contributed by atoms with van der Waals surface area (Å²) < 4.78 is 0. The van der Waals surface area contributed by atoms with Gasteiger partial charge in [0.2, 0.25) is 0 Å². The zero-order chi connectivity index (χ0) is 7.40. The summed E-state index contributed by atoms with van der Waals surface area (Å²) in [4.78, 5) is 2.15. The van der Waals surface area contributed by atoms with Crippen LogP contribution in [0.1, 0.15) is 6.42 Å². The highest BCUT2D eigenvalue weighted by molar-refractivity contribution is 5.85. The Hall–Kier alpha value is -0.300. The fourth-order valence-electron chi connectivity index (χ4n) is 1.35. The van der Waals surface area contributed by atoms with Crippen molar-refractivity contribution in [3.05, 3.63) is 0 Å². The van der Waals surface area contributed by atoms with E-state index >= 15 is 0 Å². The van der Waals surface area contributed by atoms with Gasteiger partial charge in [-0.15, -0.1) is 12.4 Å². The van der Waals surface area contributed by atoms with E-state index in [1.54, 1.807) is 0 Å². The smallest absolute Gasteiger partial charge is 0.0866 e. The SMILES string of the molecule is Cl.N#CCN1CCC(CN)C1. The summed E-state index contributed by atoms with van der Waals surface area (Å²) in [6, 6.07) is 2.14. The summed E-state index contributed by atoms with van der Waals surface area (Å²) in [5.41, 5.74) is 5.48. The largest absolute Gasteiger partial charge is 0.330 e. The molecule has 0 radical (unpaired) electrons. The summed E-state index contributed by atoms with van der Waals surface area (Å²) in [5, 5.41) is 8.36. The Balaban J connectivity index is 0.000001000. The minimum atomic E-state index is 0. The van der Waals surface area contributed by atoms with E-state index in [9.17, 15) is 0 Å². The highest BCUT2D eigenvalue weighted by Gasteiger charge is 2.19. The van der Waals surface area contributed by atoms with Crippen LogP contribution in [-0.4, -0.2) is 31.1 Å². The summed E-state index contributed by atoms with van der Waals surface area (Å²) in [6.45, 7) is 3.40. The van der Waals surface area contributed by atoms with Crippen molar-refractivity contribution >= 4 is 12.4 Å². The van der Waals surface area contributed by atoms with E-state index in [0.717, 1.165) is 26.1 Å². The number of rotatable bonds is 2. The molecule has 1 aliphatic heterocycles. The van der Waals surface area contributed by atoms with E-state index in [2.05, 4.69) is 11.0 Å². The number of nitrogens with two attached hydrogens (primary N) is 1. The molecular weight excluding hydrogens is 162 g/mol. The van der Waals surface area contributed by atoms with Gasteiger partial charge in [0.25, 0.3) is 0 Å². The van der Waals surface area contributed by atoms with E-state index in [1.165, 1.54) is 0 Å². The first-order valence-corrected chi connectivity index (χ1v) is 3.66. The first kappa shape index (κ1) is 10.7. The fourth-order valence-corrected chi connectivity index (χ4v) is 1.35. The maximum absolute atomic E-state index is 8.36. The van der Waals surface area contributed by atoms with E-state index in [-0.39, 0.29) is 12.4 Å². The molecule has 11 heavy (non-hydrogen) atoms. The predicted molar refractivity (Wildman–Crippen MR) is 46.5 cm³/mol. The third-order valence-corrected chi connectivity index (χ3v) is 2.00. The van der Waals surface area contributed by atoms with Gasteiger partial charge in [0.1, 0.15) is 0 Å². The van der Waals surface area contributed by atoms with Gasteiger partial charge in [0.15, 0.2) is 0 Å². The standard InChI is InChI=1S/C7H13N3.ClH/c8-2-4-10-3-1-7(5-9)6-10;/h7H,1,3-6,9H2;1H. The Labute approximate surface area is 73.6 Å². The molecule has 0 bridgehead atoms. The number of hydrogen-bond acceptors (Lipinski definition) is 3. The van der Waals surface area contributed by atoms with Crippen LogP contribution in [0.15, 0.2) is 0 Å². The zero-order valence-corrected chi connectivity index (χ0v) is 7.31. The van der Waals surface area contributed by atoms with Crippen molar-refractivity contribution in [3.8, 4) is 6.07 Å². The normalized spacial score (nSPS) is 24.2. The monoisotopic (exact) mass is 175 g/mol. The van der Waals surface area contributed by atoms with Crippen molar-refractivity contribution in [1.29, 1.82) is 5.26 Å². The van der Waals surface area contributed by atoms with Crippen molar-refractivity contribution in [2.75, 3.05) is 26.2 Å². The van der Waals surface area contributed by atoms with Gasteiger partial charge in [0.05, 0.1) is 12.6 Å². The highest BCUT2D eigenvalue weighted by Crippen LogP contribution is 2.13. The average molecular weight is 176 g/mol. The highest BCUT2D eigenvalue weighted by atomic mass is 35.5. The molecule has 0 amide bonds. The van der Waals surface area contributed by atoms with Gasteiger partial charge < -0.3 is 5.73 Å². The summed E-state index contributed by atoms with van der Waals surface area (Å²) in [5.74, 6) is 0.633. The lowest BCUT2D eigenvalue weighted by atomic mass is 10.1. The summed E-state index contributed by atoms with van der Waals surface area (Å²) in [6.07, 6.45) is 1.16. The van der Waals surface area contributed by atoms with Crippen molar-refractivity contribution in [2.24, 2.45) is 11.7 Å². The fraction of sp³-hybridized carbons (Fsp3) is 0.857. The molecule has 3 nitrogen and oxygen atoms in total.